The average Bonchev–Trinajstić information content (AvgIpc) is 3.17. The Labute approximate surface area is 132 Å². The number of nitrogens with one attached hydrogen (secondary N) is 1. The van der Waals surface area contributed by atoms with E-state index >= 15 is 0 Å². The third-order valence-corrected chi connectivity index (χ3v) is 6.56. The molecule has 3 rings (SSSR count). The maximum Gasteiger partial charge on any atom is 0.0124 e. The Balaban J connectivity index is 1.63. The predicted octanol–water partition coefficient (Wildman–Crippen LogP) is 4.20. The van der Waals surface area contributed by atoms with Crippen LogP contribution in [0.1, 0.15) is 77.6 Å². The molecule has 21 heavy (non-hydrogen) atoms. The minimum atomic E-state index is 0.593. The molecule has 3 aliphatic rings. The normalized spacial score (nSPS) is 31.0. The summed E-state index contributed by atoms with van der Waals surface area (Å²) in [7, 11) is 0. The average molecular weight is 293 g/mol. The molecule has 0 amide bonds. The number of nitrogens with zero attached hydrogens (tertiary/aromatic N) is 1. The van der Waals surface area contributed by atoms with Gasteiger partial charge in [0.05, 0.1) is 0 Å². The summed E-state index contributed by atoms with van der Waals surface area (Å²) in [6, 6.07) is 0.938. The van der Waals surface area contributed by atoms with Crippen molar-refractivity contribution in [3.63, 3.8) is 0 Å². The monoisotopic (exact) mass is 292 g/mol. The SMILES string of the molecule is CCNCC1(CN2CCCC2C2CCCC2)CCCCC1. The largest absolute Gasteiger partial charge is 0.316 e. The fraction of sp³-hybridized carbons (Fsp3) is 1.00. The summed E-state index contributed by atoms with van der Waals surface area (Å²) in [5, 5.41) is 3.69. The first-order chi connectivity index (χ1) is 10.3. The van der Waals surface area contributed by atoms with Gasteiger partial charge in [-0.3, -0.25) is 4.90 Å². The van der Waals surface area contributed by atoms with Crippen LogP contribution in [0.3, 0.4) is 0 Å². The van der Waals surface area contributed by atoms with Crippen molar-refractivity contribution in [2.24, 2.45) is 11.3 Å². The first kappa shape index (κ1) is 15.8. The van der Waals surface area contributed by atoms with Crippen LogP contribution in [-0.2, 0) is 0 Å². The van der Waals surface area contributed by atoms with E-state index in [1.807, 2.05) is 0 Å². The highest BCUT2D eigenvalue weighted by Gasteiger charge is 2.39. The van der Waals surface area contributed by atoms with Gasteiger partial charge in [0, 0.05) is 19.1 Å². The lowest BCUT2D eigenvalue weighted by Gasteiger charge is -2.43. The molecule has 0 bridgehead atoms. The van der Waals surface area contributed by atoms with Crippen molar-refractivity contribution in [2.45, 2.75) is 83.6 Å². The van der Waals surface area contributed by atoms with Gasteiger partial charge in [0.25, 0.3) is 0 Å². The molecule has 1 heterocycles. The summed E-state index contributed by atoms with van der Waals surface area (Å²) in [4.78, 5) is 2.93. The zero-order chi connectivity index (χ0) is 14.5. The van der Waals surface area contributed by atoms with Gasteiger partial charge in [-0.15, -0.1) is 0 Å². The molecular weight excluding hydrogens is 256 g/mol. The van der Waals surface area contributed by atoms with Crippen LogP contribution in [0.25, 0.3) is 0 Å². The topological polar surface area (TPSA) is 15.3 Å². The van der Waals surface area contributed by atoms with E-state index in [1.165, 1.54) is 90.3 Å². The Kier molecular flexibility index (Phi) is 5.61. The molecule has 1 unspecified atom stereocenters. The minimum Gasteiger partial charge on any atom is -0.316 e. The Morgan fingerprint density at radius 2 is 1.71 bits per heavy atom. The summed E-state index contributed by atoms with van der Waals surface area (Å²) in [5.74, 6) is 1.03. The number of likely N-dealkylation sites (tertiary alicyclic amines) is 1. The zero-order valence-electron chi connectivity index (χ0n) is 14.2. The van der Waals surface area contributed by atoms with Gasteiger partial charge < -0.3 is 5.32 Å². The molecule has 1 atom stereocenters. The van der Waals surface area contributed by atoms with Crippen molar-refractivity contribution in [3.05, 3.63) is 0 Å². The lowest BCUT2D eigenvalue weighted by molar-refractivity contribution is 0.0779. The van der Waals surface area contributed by atoms with E-state index in [2.05, 4.69) is 17.1 Å². The van der Waals surface area contributed by atoms with Gasteiger partial charge in [-0.05, 0) is 62.9 Å². The molecule has 1 saturated heterocycles. The molecule has 1 aliphatic heterocycles. The van der Waals surface area contributed by atoms with Crippen LogP contribution in [0.15, 0.2) is 0 Å². The second-order valence-corrected chi connectivity index (χ2v) is 8.07. The first-order valence-electron chi connectivity index (χ1n) is 9.78. The van der Waals surface area contributed by atoms with Gasteiger partial charge in [0.2, 0.25) is 0 Å². The summed E-state index contributed by atoms with van der Waals surface area (Å²) >= 11 is 0. The number of hydrogen-bond donors (Lipinski definition) is 1. The molecule has 0 aromatic heterocycles. The molecule has 2 nitrogen and oxygen atoms in total. The lowest BCUT2D eigenvalue weighted by Crippen LogP contribution is -2.48. The number of rotatable bonds is 6. The maximum absolute atomic E-state index is 3.69. The molecule has 2 aliphatic carbocycles. The summed E-state index contributed by atoms with van der Waals surface area (Å²) in [5.41, 5.74) is 0.593. The molecule has 0 spiro atoms. The van der Waals surface area contributed by atoms with Gasteiger partial charge in [0.15, 0.2) is 0 Å². The van der Waals surface area contributed by atoms with Crippen LogP contribution < -0.4 is 5.32 Å². The molecular formula is C19H36N2. The molecule has 3 fully saturated rings. The van der Waals surface area contributed by atoms with E-state index < -0.39 is 0 Å². The summed E-state index contributed by atoms with van der Waals surface area (Å²) in [6.45, 7) is 7.43. The van der Waals surface area contributed by atoms with Crippen molar-refractivity contribution < 1.29 is 0 Å². The van der Waals surface area contributed by atoms with E-state index in [0.717, 1.165) is 18.5 Å². The molecule has 2 saturated carbocycles. The van der Waals surface area contributed by atoms with Crippen LogP contribution in [0, 0.1) is 11.3 Å². The molecule has 0 aromatic rings. The van der Waals surface area contributed by atoms with Crippen LogP contribution in [0.2, 0.25) is 0 Å². The molecule has 122 valence electrons. The van der Waals surface area contributed by atoms with Crippen molar-refractivity contribution >= 4 is 0 Å². The Hall–Kier alpha value is -0.0800. The van der Waals surface area contributed by atoms with Gasteiger partial charge in [0.1, 0.15) is 0 Å². The smallest absolute Gasteiger partial charge is 0.0124 e. The second-order valence-electron chi connectivity index (χ2n) is 8.07. The van der Waals surface area contributed by atoms with E-state index in [1.54, 1.807) is 0 Å². The Morgan fingerprint density at radius 1 is 0.952 bits per heavy atom. The Morgan fingerprint density at radius 3 is 2.43 bits per heavy atom. The Bertz CT molecular complexity index is 303. The van der Waals surface area contributed by atoms with Crippen molar-refractivity contribution in [3.8, 4) is 0 Å². The van der Waals surface area contributed by atoms with Gasteiger partial charge in [-0.1, -0.05) is 39.0 Å². The zero-order valence-corrected chi connectivity index (χ0v) is 14.2. The molecule has 2 heteroatoms. The van der Waals surface area contributed by atoms with Crippen molar-refractivity contribution in [1.29, 1.82) is 0 Å². The van der Waals surface area contributed by atoms with E-state index in [9.17, 15) is 0 Å². The van der Waals surface area contributed by atoms with Crippen molar-refractivity contribution in [2.75, 3.05) is 26.2 Å². The molecule has 0 radical (unpaired) electrons. The fourth-order valence-corrected chi connectivity index (χ4v) is 5.44. The highest BCUT2D eigenvalue weighted by Crippen LogP contribution is 2.41. The standard InChI is InChI=1S/C19H36N2/c1-2-20-15-19(12-6-3-7-13-19)16-21-14-8-11-18(21)17-9-4-5-10-17/h17-18,20H,2-16H2,1H3. The fourth-order valence-electron chi connectivity index (χ4n) is 5.44. The maximum atomic E-state index is 3.69. The summed E-state index contributed by atoms with van der Waals surface area (Å²) in [6.07, 6.45) is 16.3. The highest BCUT2D eigenvalue weighted by molar-refractivity contribution is 4.94. The van der Waals surface area contributed by atoms with Crippen LogP contribution in [0.4, 0.5) is 0 Å². The quantitative estimate of drug-likeness (QED) is 0.789. The van der Waals surface area contributed by atoms with Crippen LogP contribution >= 0.6 is 0 Å². The molecule has 1 N–H and O–H groups in total. The van der Waals surface area contributed by atoms with Crippen molar-refractivity contribution in [1.82, 2.24) is 10.2 Å². The van der Waals surface area contributed by atoms with Crippen LogP contribution in [-0.4, -0.2) is 37.1 Å². The lowest BCUT2D eigenvalue weighted by atomic mass is 9.73. The third-order valence-electron chi connectivity index (χ3n) is 6.56. The first-order valence-corrected chi connectivity index (χ1v) is 9.78. The van der Waals surface area contributed by atoms with E-state index in [4.69, 9.17) is 0 Å². The number of hydrogen-bond acceptors (Lipinski definition) is 2. The third kappa shape index (κ3) is 3.82. The second kappa shape index (κ2) is 7.46. The molecule has 0 aromatic carbocycles. The van der Waals surface area contributed by atoms with Crippen LogP contribution in [0.5, 0.6) is 0 Å². The predicted molar refractivity (Wildman–Crippen MR) is 90.6 cm³/mol. The van der Waals surface area contributed by atoms with E-state index in [-0.39, 0.29) is 0 Å². The van der Waals surface area contributed by atoms with Gasteiger partial charge in [-0.2, -0.15) is 0 Å². The minimum absolute atomic E-state index is 0.593. The van der Waals surface area contributed by atoms with Gasteiger partial charge in [-0.25, -0.2) is 0 Å². The van der Waals surface area contributed by atoms with Gasteiger partial charge >= 0.3 is 0 Å². The van der Waals surface area contributed by atoms with E-state index in [0.29, 0.717) is 5.41 Å². The highest BCUT2D eigenvalue weighted by atomic mass is 15.2. The summed E-state index contributed by atoms with van der Waals surface area (Å²) < 4.78 is 0.